The number of benzene rings is 2. The van der Waals surface area contributed by atoms with Gasteiger partial charge >= 0.3 is 0 Å². The molecule has 0 bridgehead atoms. The molecule has 0 aliphatic carbocycles. The van der Waals surface area contributed by atoms with Gasteiger partial charge in [0.1, 0.15) is 5.75 Å². The Morgan fingerprint density at radius 1 is 0.933 bits per heavy atom. The zero-order valence-electron chi connectivity index (χ0n) is 18.7. The van der Waals surface area contributed by atoms with Gasteiger partial charge in [0, 0.05) is 12.1 Å². The Balaban J connectivity index is 2.27. The van der Waals surface area contributed by atoms with Crippen LogP contribution in [0.1, 0.15) is 35.8 Å². The predicted octanol–water partition coefficient (Wildman–Crippen LogP) is 3.53. The second-order valence-corrected chi connectivity index (χ2v) is 6.64. The van der Waals surface area contributed by atoms with E-state index in [9.17, 15) is 4.79 Å². The van der Waals surface area contributed by atoms with Crippen molar-refractivity contribution in [3.05, 3.63) is 47.5 Å². The van der Waals surface area contributed by atoms with Crippen molar-refractivity contribution < 1.29 is 23.7 Å². The Kier molecular flexibility index (Phi) is 8.80. The molecule has 2 rings (SSSR count). The van der Waals surface area contributed by atoms with Crippen molar-refractivity contribution in [2.75, 3.05) is 48.1 Å². The summed E-state index contributed by atoms with van der Waals surface area (Å²) in [6.45, 7) is 6.39. The van der Waals surface area contributed by atoms with Crippen molar-refractivity contribution in [2.24, 2.45) is 0 Å². The predicted molar refractivity (Wildman–Crippen MR) is 117 cm³/mol. The van der Waals surface area contributed by atoms with Crippen molar-refractivity contribution in [3.63, 3.8) is 0 Å². The monoisotopic (exact) mass is 416 g/mol. The number of likely N-dealkylation sites (N-methyl/N-ethyl adjacent to an activating group) is 1. The molecule has 1 amide bonds. The van der Waals surface area contributed by atoms with Gasteiger partial charge in [0.15, 0.2) is 11.5 Å². The lowest BCUT2D eigenvalue weighted by Gasteiger charge is -2.30. The normalized spacial score (nSPS) is 11.7. The summed E-state index contributed by atoms with van der Waals surface area (Å²) in [4.78, 5) is 15.2. The molecule has 7 heteroatoms. The lowest BCUT2D eigenvalue weighted by atomic mass is 10.0. The van der Waals surface area contributed by atoms with Gasteiger partial charge in [0.05, 0.1) is 34.5 Å². The number of ether oxygens (including phenoxy) is 4. The molecule has 0 aliphatic rings. The van der Waals surface area contributed by atoms with Crippen LogP contribution >= 0.6 is 0 Å². The Bertz CT molecular complexity index is 811. The minimum atomic E-state index is -0.214. The van der Waals surface area contributed by atoms with Crippen LogP contribution in [-0.2, 0) is 0 Å². The van der Waals surface area contributed by atoms with Crippen LogP contribution in [0, 0.1) is 0 Å². The van der Waals surface area contributed by atoms with Crippen LogP contribution in [0.15, 0.2) is 36.4 Å². The summed E-state index contributed by atoms with van der Waals surface area (Å²) < 4.78 is 21.4. The molecular formula is C23H32N2O5. The Hall–Kier alpha value is -2.93. The molecule has 1 N–H and O–H groups in total. The molecule has 2 aromatic carbocycles. The molecule has 1 atom stereocenters. The first kappa shape index (κ1) is 23.3. The van der Waals surface area contributed by atoms with Crippen molar-refractivity contribution in [2.45, 2.75) is 19.9 Å². The zero-order valence-corrected chi connectivity index (χ0v) is 18.7. The van der Waals surface area contributed by atoms with Crippen LogP contribution < -0.4 is 24.3 Å². The van der Waals surface area contributed by atoms with E-state index in [1.807, 2.05) is 18.2 Å². The molecular weight excluding hydrogens is 384 g/mol. The number of carbonyl (C=O) groups excluding carboxylic acids is 1. The molecule has 0 saturated carbocycles. The van der Waals surface area contributed by atoms with Gasteiger partial charge in [-0.2, -0.15) is 0 Å². The summed E-state index contributed by atoms with van der Waals surface area (Å²) in [6.07, 6.45) is 0. The highest BCUT2D eigenvalue weighted by Crippen LogP contribution is 2.38. The Labute approximate surface area is 178 Å². The van der Waals surface area contributed by atoms with Crippen molar-refractivity contribution in [1.29, 1.82) is 0 Å². The molecule has 1 unspecified atom stereocenters. The van der Waals surface area contributed by atoms with Gasteiger partial charge < -0.3 is 24.3 Å². The largest absolute Gasteiger partial charge is 0.497 e. The third kappa shape index (κ3) is 5.36. The molecule has 0 aromatic heterocycles. The van der Waals surface area contributed by atoms with Gasteiger partial charge in [-0.1, -0.05) is 26.0 Å². The molecule has 0 aliphatic heterocycles. The zero-order chi connectivity index (χ0) is 22.1. The molecule has 0 saturated heterocycles. The van der Waals surface area contributed by atoms with Crippen LogP contribution in [-0.4, -0.2) is 58.9 Å². The first-order valence-electron chi connectivity index (χ1n) is 9.99. The van der Waals surface area contributed by atoms with Gasteiger partial charge in [-0.05, 0) is 42.9 Å². The van der Waals surface area contributed by atoms with Gasteiger partial charge in [-0.15, -0.1) is 0 Å². The minimum absolute atomic E-state index is 0.0149. The molecule has 7 nitrogen and oxygen atoms in total. The van der Waals surface area contributed by atoms with Gasteiger partial charge in [-0.25, -0.2) is 0 Å². The molecule has 164 valence electrons. The fourth-order valence-corrected chi connectivity index (χ4v) is 3.47. The van der Waals surface area contributed by atoms with E-state index >= 15 is 0 Å². The molecule has 2 aromatic rings. The topological polar surface area (TPSA) is 69.3 Å². The molecule has 0 heterocycles. The van der Waals surface area contributed by atoms with Crippen LogP contribution in [0.3, 0.4) is 0 Å². The van der Waals surface area contributed by atoms with Crippen molar-refractivity contribution >= 4 is 5.91 Å². The van der Waals surface area contributed by atoms with E-state index in [1.165, 1.54) is 21.3 Å². The van der Waals surface area contributed by atoms with Crippen molar-refractivity contribution in [1.82, 2.24) is 10.2 Å². The van der Waals surface area contributed by atoms with E-state index in [2.05, 4.69) is 30.1 Å². The molecule has 0 radical (unpaired) electrons. The number of hydrogen-bond donors (Lipinski definition) is 1. The van der Waals surface area contributed by atoms with E-state index < -0.39 is 0 Å². The highest BCUT2D eigenvalue weighted by Gasteiger charge is 2.21. The van der Waals surface area contributed by atoms with Crippen LogP contribution in [0.4, 0.5) is 0 Å². The fourth-order valence-electron chi connectivity index (χ4n) is 3.47. The highest BCUT2D eigenvalue weighted by molar-refractivity contribution is 5.95. The van der Waals surface area contributed by atoms with Crippen LogP contribution in [0.5, 0.6) is 23.0 Å². The van der Waals surface area contributed by atoms with E-state index in [-0.39, 0.29) is 11.9 Å². The quantitative estimate of drug-likeness (QED) is 0.604. The number of rotatable bonds is 11. The van der Waals surface area contributed by atoms with E-state index in [1.54, 1.807) is 19.2 Å². The van der Waals surface area contributed by atoms with Gasteiger partial charge in [-0.3, -0.25) is 9.69 Å². The summed E-state index contributed by atoms with van der Waals surface area (Å²) in [5, 5.41) is 3.05. The van der Waals surface area contributed by atoms with Gasteiger partial charge in [0.2, 0.25) is 5.75 Å². The van der Waals surface area contributed by atoms with Gasteiger partial charge in [0.25, 0.3) is 5.91 Å². The first-order chi connectivity index (χ1) is 14.5. The number of nitrogens with zero attached hydrogens (tertiary/aromatic N) is 1. The highest BCUT2D eigenvalue weighted by atomic mass is 16.5. The number of carbonyl (C=O) groups is 1. The third-order valence-corrected chi connectivity index (χ3v) is 5.11. The Morgan fingerprint density at radius 2 is 1.57 bits per heavy atom. The average Bonchev–Trinajstić information content (AvgIpc) is 2.80. The van der Waals surface area contributed by atoms with Crippen LogP contribution in [0.2, 0.25) is 0 Å². The first-order valence-corrected chi connectivity index (χ1v) is 9.99. The number of methoxy groups -OCH3 is 4. The van der Waals surface area contributed by atoms with Crippen molar-refractivity contribution in [3.8, 4) is 23.0 Å². The maximum absolute atomic E-state index is 12.9. The SMILES string of the molecule is CCN(CC)C(CNC(=O)c1cc(OC)c(OC)c(OC)c1)c1cccc(OC)c1. The van der Waals surface area contributed by atoms with Crippen LogP contribution in [0.25, 0.3) is 0 Å². The second kappa shape index (κ2) is 11.3. The van der Waals surface area contributed by atoms with E-state index in [0.29, 0.717) is 29.4 Å². The number of hydrogen-bond acceptors (Lipinski definition) is 6. The fraction of sp³-hybridized carbons (Fsp3) is 0.435. The molecule has 0 fully saturated rings. The average molecular weight is 417 g/mol. The molecule has 0 spiro atoms. The number of nitrogens with one attached hydrogen (secondary N) is 1. The summed E-state index contributed by atoms with van der Waals surface area (Å²) in [7, 11) is 6.23. The van der Waals surface area contributed by atoms with E-state index in [4.69, 9.17) is 18.9 Å². The lowest BCUT2D eigenvalue weighted by Crippen LogP contribution is -2.38. The number of amides is 1. The lowest BCUT2D eigenvalue weighted by molar-refractivity contribution is 0.0934. The summed E-state index contributed by atoms with van der Waals surface area (Å²) in [6, 6.07) is 11.2. The third-order valence-electron chi connectivity index (χ3n) is 5.11. The maximum Gasteiger partial charge on any atom is 0.251 e. The second-order valence-electron chi connectivity index (χ2n) is 6.64. The smallest absolute Gasteiger partial charge is 0.251 e. The minimum Gasteiger partial charge on any atom is -0.497 e. The summed E-state index contributed by atoms with van der Waals surface area (Å²) in [5.74, 6) is 1.91. The summed E-state index contributed by atoms with van der Waals surface area (Å²) >= 11 is 0. The standard InChI is InChI=1S/C23H32N2O5/c1-7-25(8-2)19(16-10-9-11-18(12-16)27-3)15-24-23(26)17-13-20(28-4)22(30-6)21(14-17)29-5/h9-14,19H,7-8,15H2,1-6H3,(H,24,26). The maximum atomic E-state index is 12.9. The molecule has 30 heavy (non-hydrogen) atoms. The van der Waals surface area contributed by atoms with E-state index in [0.717, 1.165) is 24.4 Å². The Morgan fingerprint density at radius 3 is 2.07 bits per heavy atom. The summed E-state index contributed by atoms with van der Waals surface area (Å²) in [5.41, 5.74) is 1.52.